The van der Waals surface area contributed by atoms with E-state index in [1.54, 1.807) is 0 Å². The number of hydrogen-bond acceptors (Lipinski definition) is 2. The molecule has 2 aromatic carbocycles. The van der Waals surface area contributed by atoms with Crippen molar-refractivity contribution >= 4 is 11.6 Å². The fourth-order valence-corrected chi connectivity index (χ4v) is 2.06. The van der Waals surface area contributed by atoms with Crippen LogP contribution in [-0.4, -0.2) is 11.9 Å². The van der Waals surface area contributed by atoms with Gasteiger partial charge in [0.15, 0.2) is 0 Å². The zero-order valence-electron chi connectivity index (χ0n) is 11.8. The third-order valence-corrected chi connectivity index (χ3v) is 3.23. The van der Waals surface area contributed by atoms with E-state index in [0.717, 1.165) is 5.69 Å². The first-order valence-electron chi connectivity index (χ1n) is 6.83. The van der Waals surface area contributed by atoms with Crippen LogP contribution in [0.2, 0.25) is 0 Å². The Morgan fingerprint density at radius 3 is 2.05 bits per heavy atom. The molecule has 2 atom stereocenters. The van der Waals surface area contributed by atoms with Gasteiger partial charge in [-0.25, -0.2) is 0 Å². The van der Waals surface area contributed by atoms with Crippen LogP contribution in [-0.2, 0) is 4.79 Å². The Kier molecular flexibility index (Phi) is 4.91. The van der Waals surface area contributed by atoms with E-state index in [9.17, 15) is 4.79 Å². The molecule has 0 aliphatic heterocycles. The smallest absolute Gasteiger partial charge is 0.241 e. The van der Waals surface area contributed by atoms with Gasteiger partial charge < -0.3 is 5.32 Å². The molecule has 20 heavy (non-hydrogen) atoms. The molecular formula is C17H20N2O. The Morgan fingerprint density at radius 1 is 0.900 bits per heavy atom. The molecule has 2 rings (SSSR count). The van der Waals surface area contributed by atoms with Crippen molar-refractivity contribution in [3.8, 4) is 0 Å². The number of carbonyl (C=O) groups is 1. The van der Waals surface area contributed by atoms with Gasteiger partial charge in [-0.3, -0.25) is 10.1 Å². The lowest BCUT2D eigenvalue weighted by molar-refractivity contribution is -0.117. The molecule has 0 aliphatic rings. The predicted molar refractivity (Wildman–Crippen MR) is 82.5 cm³/mol. The zero-order chi connectivity index (χ0) is 14.4. The number of rotatable bonds is 5. The minimum absolute atomic E-state index is 0.0287. The van der Waals surface area contributed by atoms with Gasteiger partial charge in [-0.1, -0.05) is 48.5 Å². The molecule has 0 spiro atoms. The summed E-state index contributed by atoms with van der Waals surface area (Å²) < 4.78 is 0. The average Bonchev–Trinajstić information content (AvgIpc) is 2.49. The Bertz CT molecular complexity index is 539. The van der Waals surface area contributed by atoms with Crippen molar-refractivity contribution in [3.05, 3.63) is 66.2 Å². The molecule has 0 fully saturated rings. The summed E-state index contributed by atoms with van der Waals surface area (Å²) in [6.07, 6.45) is 0. The van der Waals surface area contributed by atoms with Crippen LogP contribution in [0.15, 0.2) is 60.7 Å². The summed E-state index contributed by atoms with van der Waals surface area (Å²) in [5.41, 5.74) is 1.99. The first-order valence-corrected chi connectivity index (χ1v) is 6.83. The molecule has 0 radical (unpaired) electrons. The second-order valence-corrected chi connectivity index (χ2v) is 4.88. The van der Waals surface area contributed by atoms with Crippen molar-refractivity contribution in [2.24, 2.45) is 0 Å². The Labute approximate surface area is 120 Å². The van der Waals surface area contributed by atoms with E-state index in [2.05, 4.69) is 29.7 Å². The van der Waals surface area contributed by atoms with Crippen LogP contribution in [0.5, 0.6) is 0 Å². The molecule has 2 N–H and O–H groups in total. The lowest BCUT2D eigenvalue weighted by atomic mass is 10.1. The van der Waals surface area contributed by atoms with Crippen molar-refractivity contribution < 1.29 is 4.79 Å². The van der Waals surface area contributed by atoms with Crippen molar-refractivity contribution in [1.29, 1.82) is 0 Å². The topological polar surface area (TPSA) is 41.1 Å². The first kappa shape index (κ1) is 14.3. The number of nitrogens with one attached hydrogen (secondary N) is 2. The summed E-state index contributed by atoms with van der Waals surface area (Å²) >= 11 is 0. The highest BCUT2D eigenvalue weighted by atomic mass is 16.2. The molecule has 0 heterocycles. The van der Waals surface area contributed by atoms with Crippen LogP contribution in [0.25, 0.3) is 0 Å². The summed E-state index contributed by atoms with van der Waals surface area (Å²) in [6.45, 7) is 3.93. The molecule has 2 aromatic rings. The van der Waals surface area contributed by atoms with Crippen molar-refractivity contribution in [2.45, 2.75) is 25.9 Å². The van der Waals surface area contributed by atoms with Crippen LogP contribution in [0.4, 0.5) is 5.69 Å². The van der Waals surface area contributed by atoms with Crippen LogP contribution in [0, 0.1) is 0 Å². The molecule has 0 bridgehead atoms. The monoisotopic (exact) mass is 268 g/mol. The summed E-state index contributed by atoms with van der Waals surface area (Å²) in [4.78, 5) is 12.1. The molecule has 104 valence electrons. The number of benzene rings is 2. The Morgan fingerprint density at radius 2 is 1.45 bits per heavy atom. The van der Waals surface area contributed by atoms with Gasteiger partial charge in [0.2, 0.25) is 5.91 Å². The third kappa shape index (κ3) is 3.93. The van der Waals surface area contributed by atoms with E-state index in [4.69, 9.17) is 0 Å². The van der Waals surface area contributed by atoms with Gasteiger partial charge in [-0.15, -0.1) is 0 Å². The minimum Gasteiger partial charge on any atom is -0.325 e. The maximum absolute atomic E-state index is 12.1. The second kappa shape index (κ2) is 6.87. The minimum atomic E-state index is -0.259. The molecule has 0 saturated heterocycles. The van der Waals surface area contributed by atoms with Crippen molar-refractivity contribution in [1.82, 2.24) is 5.32 Å². The Hall–Kier alpha value is -2.13. The lowest BCUT2D eigenvalue weighted by Crippen LogP contribution is -2.39. The van der Waals surface area contributed by atoms with Gasteiger partial charge in [-0.2, -0.15) is 0 Å². The number of amides is 1. The Balaban J connectivity index is 1.91. The van der Waals surface area contributed by atoms with Gasteiger partial charge in [0.05, 0.1) is 6.04 Å². The highest BCUT2D eigenvalue weighted by molar-refractivity contribution is 5.94. The molecular weight excluding hydrogens is 248 g/mol. The van der Waals surface area contributed by atoms with Crippen molar-refractivity contribution in [3.63, 3.8) is 0 Å². The number of anilines is 1. The number of carbonyl (C=O) groups excluding carboxylic acids is 1. The zero-order valence-corrected chi connectivity index (χ0v) is 11.8. The highest BCUT2D eigenvalue weighted by Gasteiger charge is 2.16. The summed E-state index contributed by atoms with van der Waals surface area (Å²) in [5.74, 6) is -0.0287. The molecule has 3 nitrogen and oxygen atoms in total. The summed E-state index contributed by atoms with van der Waals surface area (Å²) in [5, 5.41) is 6.20. The molecule has 2 unspecified atom stereocenters. The van der Waals surface area contributed by atoms with Crippen LogP contribution in [0.3, 0.4) is 0 Å². The normalized spacial score (nSPS) is 13.5. The van der Waals surface area contributed by atoms with E-state index in [-0.39, 0.29) is 18.0 Å². The largest absolute Gasteiger partial charge is 0.325 e. The van der Waals surface area contributed by atoms with Crippen LogP contribution >= 0.6 is 0 Å². The molecule has 0 aliphatic carbocycles. The molecule has 0 aromatic heterocycles. The fraction of sp³-hybridized carbons (Fsp3) is 0.235. The van der Waals surface area contributed by atoms with E-state index in [1.807, 2.05) is 55.5 Å². The molecule has 1 amide bonds. The average molecular weight is 268 g/mol. The maximum atomic E-state index is 12.1. The number of hydrogen-bond donors (Lipinski definition) is 2. The van der Waals surface area contributed by atoms with E-state index in [0.29, 0.717) is 0 Å². The van der Waals surface area contributed by atoms with Crippen LogP contribution in [0.1, 0.15) is 25.5 Å². The van der Waals surface area contributed by atoms with Gasteiger partial charge in [0.1, 0.15) is 0 Å². The van der Waals surface area contributed by atoms with E-state index < -0.39 is 0 Å². The summed E-state index contributed by atoms with van der Waals surface area (Å²) in [6, 6.07) is 19.5. The van der Waals surface area contributed by atoms with Gasteiger partial charge >= 0.3 is 0 Å². The molecule has 3 heteroatoms. The predicted octanol–water partition coefficient (Wildman–Crippen LogP) is 3.36. The van der Waals surface area contributed by atoms with Gasteiger partial charge in [0, 0.05) is 11.7 Å². The first-order chi connectivity index (χ1) is 9.66. The summed E-state index contributed by atoms with van der Waals surface area (Å²) in [7, 11) is 0. The standard InChI is InChI=1S/C17H20N2O/c1-13(15-9-5-3-6-10-15)18-14(2)17(20)19-16-11-7-4-8-12-16/h3-14,18H,1-2H3,(H,19,20). The third-order valence-electron chi connectivity index (χ3n) is 3.23. The highest BCUT2D eigenvalue weighted by Crippen LogP contribution is 2.12. The molecule has 0 saturated carbocycles. The van der Waals surface area contributed by atoms with Gasteiger partial charge in [-0.05, 0) is 31.5 Å². The van der Waals surface area contributed by atoms with Gasteiger partial charge in [0.25, 0.3) is 0 Å². The van der Waals surface area contributed by atoms with E-state index in [1.165, 1.54) is 5.56 Å². The lowest BCUT2D eigenvalue weighted by Gasteiger charge is -2.20. The van der Waals surface area contributed by atoms with Crippen molar-refractivity contribution in [2.75, 3.05) is 5.32 Å². The number of para-hydroxylation sites is 1. The SMILES string of the molecule is CC(NC(C)c1ccccc1)C(=O)Nc1ccccc1. The fourth-order valence-electron chi connectivity index (χ4n) is 2.06. The van der Waals surface area contributed by atoms with E-state index >= 15 is 0 Å². The maximum Gasteiger partial charge on any atom is 0.241 e. The second-order valence-electron chi connectivity index (χ2n) is 4.88. The van der Waals surface area contributed by atoms with Crippen LogP contribution < -0.4 is 10.6 Å². The quantitative estimate of drug-likeness (QED) is 0.873.